The number of nitrogens with zero attached hydrogens (tertiary/aromatic N) is 3. The second kappa shape index (κ2) is 7.49. The summed E-state index contributed by atoms with van der Waals surface area (Å²) in [6.07, 6.45) is 1.43. The molecule has 2 aromatic heterocycles. The third-order valence-electron chi connectivity index (χ3n) is 4.07. The molecule has 4 N–H and O–H groups in total. The van der Waals surface area contributed by atoms with Gasteiger partial charge in [0.1, 0.15) is 17.8 Å². The number of nitrogens with two attached hydrogens (primary N) is 1. The number of rotatable bonds is 5. The van der Waals surface area contributed by atoms with E-state index in [9.17, 15) is 0 Å². The number of nitrogens with one attached hydrogen (secondary N) is 2. The molecule has 28 heavy (non-hydrogen) atoms. The highest BCUT2D eigenvalue weighted by Gasteiger charge is 2.13. The van der Waals surface area contributed by atoms with E-state index in [0.717, 1.165) is 10.2 Å². The minimum Gasteiger partial charge on any atom is -0.495 e. The molecule has 0 amide bonds. The molecule has 0 radical (unpaired) electrons. The Kier molecular flexibility index (Phi) is 4.89. The summed E-state index contributed by atoms with van der Waals surface area (Å²) < 4.78 is 6.45. The molecule has 0 aliphatic heterocycles. The zero-order chi connectivity index (χ0) is 19.7. The van der Waals surface area contributed by atoms with Crippen LogP contribution in [0.2, 0.25) is 5.02 Å². The van der Waals surface area contributed by atoms with Crippen LogP contribution in [0.25, 0.3) is 10.2 Å². The fourth-order valence-electron chi connectivity index (χ4n) is 2.69. The molecule has 0 aliphatic rings. The van der Waals surface area contributed by atoms with Gasteiger partial charge in [-0.2, -0.15) is 0 Å². The number of methoxy groups -OCH3 is 1. The number of hydrogen-bond donors (Lipinski definition) is 3. The van der Waals surface area contributed by atoms with Crippen LogP contribution in [0.3, 0.4) is 0 Å². The average molecular weight is 413 g/mol. The van der Waals surface area contributed by atoms with Crippen LogP contribution in [0.15, 0.2) is 42.7 Å². The summed E-state index contributed by atoms with van der Waals surface area (Å²) in [7, 11) is 1.58. The standard InChI is InChI=1S/C19H17ClN6OS/c1-10-3-5-12-15(7-10)28-19(25-12)26-18-16(21)17(22-9-23-18)24-13-8-11(20)4-6-14(13)27-2/h3-9H,21H2,1-2H3,(H2,22,23,24,25,26). The van der Waals surface area contributed by atoms with E-state index in [-0.39, 0.29) is 0 Å². The molecule has 2 heterocycles. The molecule has 0 atom stereocenters. The lowest BCUT2D eigenvalue weighted by molar-refractivity contribution is 0.417. The van der Waals surface area contributed by atoms with E-state index in [4.69, 9.17) is 22.1 Å². The predicted molar refractivity (Wildman–Crippen MR) is 115 cm³/mol. The van der Waals surface area contributed by atoms with Gasteiger partial charge in [0, 0.05) is 5.02 Å². The van der Waals surface area contributed by atoms with Crippen molar-refractivity contribution in [2.75, 3.05) is 23.5 Å². The SMILES string of the molecule is COc1ccc(Cl)cc1Nc1ncnc(Nc2nc3ccc(C)cc3s2)c1N. The van der Waals surface area contributed by atoms with Crippen LogP contribution in [0.5, 0.6) is 5.75 Å². The van der Waals surface area contributed by atoms with E-state index in [0.29, 0.717) is 38.9 Å². The van der Waals surface area contributed by atoms with Crippen molar-refractivity contribution >= 4 is 61.3 Å². The fourth-order valence-corrected chi connectivity index (χ4v) is 3.82. The summed E-state index contributed by atoms with van der Waals surface area (Å²) in [5.74, 6) is 1.53. The normalized spacial score (nSPS) is 10.8. The smallest absolute Gasteiger partial charge is 0.189 e. The van der Waals surface area contributed by atoms with Crippen molar-refractivity contribution in [1.29, 1.82) is 0 Å². The molecule has 0 aliphatic carbocycles. The summed E-state index contributed by atoms with van der Waals surface area (Å²) in [5.41, 5.74) is 9.41. The van der Waals surface area contributed by atoms with Crippen LogP contribution in [0.4, 0.5) is 28.1 Å². The number of halogens is 1. The minimum atomic E-state index is 0.361. The quantitative estimate of drug-likeness (QED) is 0.418. The second-order valence-corrected chi connectivity index (χ2v) is 7.54. The van der Waals surface area contributed by atoms with Crippen molar-refractivity contribution in [3.63, 3.8) is 0 Å². The molecular weight excluding hydrogens is 396 g/mol. The largest absolute Gasteiger partial charge is 0.495 e. The molecule has 4 rings (SSSR count). The first-order chi connectivity index (χ1) is 13.5. The van der Waals surface area contributed by atoms with E-state index >= 15 is 0 Å². The highest BCUT2D eigenvalue weighted by molar-refractivity contribution is 7.22. The Bertz CT molecular complexity index is 1160. The summed E-state index contributed by atoms with van der Waals surface area (Å²) in [6, 6.07) is 11.4. The van der Waals surface area contributed by atoms with Gasteiger partial charge in [-0.3, -0.25) is 0 Å². The van der Waals surface area contributed by atoms with Crippen LogP contribution in [0, 0.1) is 6.92 Å². The first-order valence-electron chi connectivity index (χ1n) is 8.39. The van der Waals surface area contributed by atoms with Crippen molar-refractivity contribution in [2.24, 2.45) is 0 Å². The van der Waals surface area contributed by atoms with Gasteiger partial charge in [0.05, 0.1) is 23.0 Å². The van der Waals surface area contributed by atoms with E-state index in [2.05, 4.69) is 38.6 Å². The lowest BCUT2D eigenvalue weighted by Gasteiger charge is -2.14. The van der Waals surface area contributed by atoms with Gasteiger partial charge in [-0.25, -0.2) is 15.0 Å². The lowest BCUT2D eigenvalue weighted by atomic mass is 10.2. The van der Waals surface area contributed by atoms with Crippen LogP contribution in [-0.4, -0.2) is 22.1 Å². The highest BCUT2D eigenvalue weighted by atomic mass is 35.5. The molecule has 0 unspecified atom stereocenters. The topological polar surface area (TPSA) is 98.0 Å². The van der Waals surface area contributed by atoms with Crippen molar-refractivity contribution in [1.82, 2.24) is 15.0 Å². The van der Waals surface area contributed by atoms with E-state index in [1.54, 1.807) is 25.3 Å². The van der Waals surface area contributed by atoms with Gasteiger partial charge in [-0.05, 0) is 42.8 Å². The molecule has 0 saturated heterocycles. The Balaban J connectivity index is 1.64. The van der Waals surface area contributed by atoms with Crippen molar-refractivity contribution < 1.29 is 4.74 Å². The molecule has 142 valence electrons. The summed E-state index contributed by atoms with van der Waals surface area (Å²) in [5, 5.41) is 7.61. The number of thiazole rings is 1. The predicted octanol–water partition coefficient (Wildman–Crippen LogP) is 5.13. The first-order valence-corrected chi connectivity index (χ1v) is 9.58. The first kappa shape index (κ1) is 18.3. The lowest BCUT2D eigenvalue weighted by Crippen LogP contribution is -2.05. The molecular formula is C19H17ClN6OS. The van der Waals surface area contributed by atoms with Gasteiger partial charge in [-0.1, -0.05) is 29.0 Å². The monoisotopic (exact) mass is 412 g/mol. The van der Waals surface area contributed by atoms with E-state index in [1.165, 1.54) is 23.2 Å². The van der Waals surface area contributed by atoms with Crippen LogP contribution in [-0.2, 0) is 0 Å². The highest BCUT2D eigenvalue weighted by Crippen LogP contribution is 2.35. The Morgan fingerprint density at radius 1 is 1.07 bits per heavy atom. The van der Waals surface area contributed by atoms with Gasteiger partial charge in [0.25, 0.3) is 0 Å². The molecule has 7 nitrogen and oxygen atoms in total. The van der Waals surface area contributed by atoms with Crippen molar-refractivity contribution in [3.05, 3.63) is 53.3 Å². The molecule has 2 aromatic carbocycles. The van der Waals surface area contributed by atoms with Gasteiger partial charge in [-0.15, -0.1) is 0 Å². The van der Waals surface area contributed by atoms with Crippen LogP contribution >= 0.6 is 22.9 Å². The summed E-state index contributed by atoms with van der Waals surface area (Å²) >= 11 is 7.63. The van der Waals surface area contributed by atoms with Crippen molar-refractivity contribution in [3.8, 4) is 5.75 Å². The van der Waals surface area contributed by atoms with Gasteiger partial charge < -0.3 is 21.1 Å². The van der Waals surface area contributed by atoms with Crippen LogP contribution < -0.4 is 21.1 Å². The maximum atomic E-state index is 6.28. The second-order valence-electron chi connectivity index (χ2n) is 6.07. The average Bonchev–Trinajstić information content (AvgIpc) is 3.06. The Morgan fingerprint density at radius 2 is 1.86 bits per heavy atom. The molecule has 0 fully saturated rings. The third-order valence-corrected chi connectivity index (χ3v) is 5.24. The van der Waals surface area contributed by atoms with Crippen molar-refractivity contribution in [2.45, 2.75) is 6.92 Å². The molecule has 4 aromatic rings. The molecule has 9 heteroatoms. The summed E-state index contributed by atoms with van der Waals surface area (Å²) in [6.45, 7) is 2.05. The van der Waals surface area contributed by atoms with E-state index < -0.39 is 0 Å². The van der Waals surface area contributed by atoms with Gasteiger partial charge in [0.2, 0.25) is 0 Å². The van der Waals surface area contributed by atoms with E-state index in [1.807, 2.05) is 12.1 Å². The molecule has 0 bridgehead atoms. The minimum absolute atomic E-state index is 0.361. The third kappa shape index (κ3) is 3.64. The zero-order valence-electron chi connectivity index (χ0n) is 15.2. The fraction of sp³-hybridized carbons (Fsp3) is 0.105. The maximum Gasteiger partial charge on any atom is 0.189 e. The Morgan fingerprint density at radius 3 is 2.64 bits per heavy atom. The Labute approximate surface area is 170 Å². The number of aromatic nitrogens is 3. The van der Waals surface area contributed by atoms with Crippen LogP contribution in [0.1, 0.15) is 5.56 Å². The summed E-state index contributed by atoms with van der Waals surface area (Å²) in [4.78, 5) is 13.1. The Hall–Kier alpha value is -3.10. The number of benzene rings is 2. The van der Waals surface area contributed by atoms with Gasteiger partial charge in [0.15, 0.2) is 16.8 Å². The number of fused-ring (bicyclic) bond motifs is 1. The zero-order valence-corrected chi connectivity index (χ0v) is 16.7. The number of nitrogen functional groups attached to an aromatic ring is 1. The number of anilines is 5. The van der Waals surface area contributed by atoms with Gasteiger partial charge >= 0.3 is 0 Å². The number of aryl methyl sites for hydroxylation is 1. The number of hydrogen-bond acceptors (Lipinski definition) is 8. The molecule has 0 saturated carbocycles. The number of ether oxygens (including phenoxy) is 1. The maximum absolute atomic E-state index is 6.28. The molecule has 0 spiro atoms.